The Labute approximate surface area is 56.5 Å². The lowest BCUT2D eigenvalue weighted by Gasteiger charge is -1.92. The molecule has 0 aliphatic heterocycles. The van der Waals surface area contributed by atoms with Crippen molar-refractivity contribution in [2.75, 3.05) is 0 Å². The van der Waals surface area contributed by atoms with Crippen LogP contribution in [0.2, 0.25) is 0 Å². The van der Waals surface area contributed by atoms with Gasteiger partial charge in [-0.05, 0) is 19.8 Å². The molecule has 0 heterocycles. The quantitative estimate of drug-likeness (QED) is 0.553. The second kappa shape index (κ2) is 5.17. The average Bonchev–Trinajstić information content (AvgIpc) is 1.83. The van der Waals surface area contributed by atoms with Gasteiger partial charge < -0.3 is 0 Å². The molecule has 0 bridgehead atoms. The Bertz CT molecular complexity index is 74.5. The van der Waals surface area contributed by atoms with Gasteiger partial charge in [-0.25, -0.2) is 0 Å². The predicted molar refractivity (Wildman–Crippen MR) is 39.1 cm³/mol. The fraction of sp³-hybridized carbons (Fsp3) is 0.714. The van der Waals surface area contributed by atoms with Crippen molar-refractivity contribution in [1.29, 1.82) is 0 Å². The van der Waals surface area contributed by atoms with Crippen molar-refractivity contribution in [2.45, 2.75) is 33.1 Å². The van der Waals surface area contributed by atoms with E-state index in [-0.39, 0.29) is 0 Å². The Balaban J connectivity index is 3.12. The van der Waals surface area contributed by atoms with Crippen LogP contribution < -0.4 is 0 Å². The smallest absolute Gasteiger partial charge is 0.0138 e. The molecular weight excluding hydrogens is 120 g/mol. The fourth-order valence-electron chi connectivity index (χ4n) is 0.490. The lowest BCUT2D eigenvalue weighted by molar-refractivity contribution is 0.806. The molecule has 0 amide bonds. The van der Waals surface area contributed by atoms with Crippen molar-refractivity contribution in [3.63, 3.8) is 0 Å². The Hall–Kier alpha value is 0.0300. The third kappa shape index (κ3) is 4.20. The van der Waals surface area contributed by atoms with Gasteiger partial charge in [-0.15, -0.1) is 0 Å². The first-order valence-electron chi connectivity index (χ1n) is 3.12. The number of hydrogen-bond donors (Lipinski definition) is 0. The van der Waals surface area contributed by atoms with Crippen LogP contribution in [-0.2, 0) is 0 Å². The van der Waals surface area contributed by atoms with E-state index in [0.717, 1.165) is 11.5 Å². The molecule has 1 heteroatoms. The van der Waals surface area contributed by atoms with Crippen molar-refractivity contribution in [1.82, 2.24) is 0 Å². The van der Waals surface area contributed by atoms with Gasteiger partial charge in [0, 0.05) is 5.03 Å². The summed E-state index contributed by atoms with van der Waals surface area (Å²) in [6.07, 6.45) is 5.44. The maximum atomic E-state index is 5.71. The average molecular weight is 133 g/mol. The minimum Gasteiger partial charge on any atom is -0.0895 e. The van der Waals surface area contributed by atoms with Crippen LogP contribution >= 0.6 is 11.6 Å². The molecule has 0 aromatic rings. The van der Waals surface area contributed by atoms with Gasteiger partial charge in [-0.2, -0.15) is 0 Å². The molecule has 8 heavy (non-hydrogen) atoms. The maximum absolute atomic E-state index is 5.71. The van der Waals surface area contributed by atoms with E-state index < -0.39 is 0 Å². The first kappa shape index (κ1) is 8.03. The molecule has 48 valence electrons. The molecule has 0 radical (unpaired) electrons. The highest BCUT2D eigenvalue weighted by Gasteiger charge is 1.86. The van der Waals surface area contributed by atoms with Crippen LogP contribution in [0.4, 0.5) is 0 Å². The van der Waals surface area contributed by atoms with Gasteiger partial charge in [-0.3, -0.25) is 0 Å². The molecule has 0 aromatic carbocycles. The van der Waals surface area contributed by atoms with Crippen LogP contribution in [0.15, 0.2) is 11.1 Å². The predicted octanol–water partition coefficient (Wildman–Crippen LogP) is 3.32. The molecule has 0 fully saturated rings. The number of allylic oxidation sites excluding steroid dienone is 2. The van der Waals surface area contributed by atoms with Crippen molar-refractivity contribution < 1.29 is 0 Å². The third-order valence-electron chi connectivity index (χ3n) is 1.08. The van der Waals surface area contributed by atoms with Gasteiger partial charge in [0.1, 0.15) is 0 Å². The third-order valence-corrected chi connectivity index (χ3v) is 1.49. The Morgan fingerprint density at radius 1 is 1.62 bits per heavy atom. The van der Waals surface area contributed by atoms with Crippen LogP contribution in [0.3, 0.4) is 0 Å². The van der Waals surface area contributed by atoms with Gasteiger partial charge in [0.2, 0.25) is 0 Å². The summed E-state index contributed by atoms with van der Waals surface area (Å²) < 4.78 is 0. The summed E-state index contributed by atoms with van der Waals surface area (Å²) >= 11 is 5.71. The Morgan fingerprint density at radius 3 is 2.62 bits per heavy atom. The summed E-state index contributed by atoms with van der Waals surface area (Å²) in [5.41, 5.74) is 0. The minimum absolute atomic E-state index is 0.992. The highest BCUT2D eigenvalue weighted by molar-refractivity contribution is 6.29. The number of halogens is 1. The van der Waals surface area contributed by atoms with E-state index in [0.29, 0.717) is 0 Å². The standard InChI is InChI=1S/C7H13Cl/c1-3-5-6-7(8)4-2/h4H,3,5-6H2,1-2H3/b7-4-. The second-order valence-corrected chi connectivity index (χ2v) is 2.32. The molecule has 0 spiro atoms. The van der Waals surface area contributed by atoms with E-state index in [4.69, 9.17) is 11.6 Å². The van der Waals surface area contributed by atoms with Gasteiger partial charge in [0.25, 0.3) is 0 Å². The van der Waals surface area contributed by atoms with Gasteiger partial charge >= 0.3 is 0 Å². The summed E-state index contributed by atoms with van der Waals surface area (Å²) in [6, 6.07) is 0. The zero-order valence-electron chi connectivity index (χ0n) is 5.58. The van der Waals surface area contributed by atoms with Crippen LogP contribution in [0.25, 0.3) is 0 Å². The lowest BCUT2D eigenvalue weighted by Crippen LogP contribution is -1.71. The molecule has 0 aliphatic carbocycles. The Morgan fingerprint density at radius 2 is 2.25 bits per heavy atom. The summed E-state index contributed by atoms with van der Waals surface area (Å²) in [4.78, 5) is 0. The molecule has 0 aliphatic rings. The van der Waals surface area contributed by atoms with Gasteiger partial charge in [-0.1, -0.05) is 31.0 Å². The zero-order chi connectivity index (χ0) is 6.41. The molecule has 0 saturated carbocycles. The maximum Gasteiger partial charge on any atom is 0.0138 e. The normalized spacial score (nSPS) is 12.1. The highest BCUT2D eigenvalue weighted by Crippen LogP contribution is 2.10. The van der Waals surface area contributed by atoms with E-state index in [2.05, 4.69) is 6.92 Å². The molecular formula is C7H13Cl. The molecule has 0 atom stereocenters. The van der Waals surface area contributed by atoms with E-state index in [1.165, 1.54) is 12.8 Å². The summed E-state index contributed by atoms with van der Waals surface area (Å²) in [5.74, 6) is 0. The summed E-state index contributed by atoms with van der Waals surface area (Å²) in [7, 11) is 0. The van der Waals surface area contributed by atoms with Crippen molar-refractivity contribution in [3.05, 3.63) is 11.1 Å². The van der Waals surface area contributed by atoms with E-state index in [1.54, 1.807) is 0 Å². The van der Waals surface area contributed by atoms with Crippen LogP contribution in [0.1, 0.15) is 33.1 Å². The van der Waals surface area contributed by atoms with Gasteiger partial charge in [0.05, 0.1) is 0 Å². The highest BCUT2D eigenvalue weighted by atomic mass is 35.5. The van der Waals surface area contributed by atoms with Crippen LogP contribution in [0.5, 0.6) is 0 Å². The van der Waals surface area contributed by atoms with Gasteiger partial charge in [0.15, 0.2) is 0 Å². The molecule has 0 aromatic heterocycles. The number of rotatable bonds is 3. The van der Waals surface area contributed by atoms with Crippen molar-refractivity contribution >= 4 is 11.6 Å². The first-order valence-corrected chi connectivity index (χ1v) is 3.49. The SMILES string of the molecule is C/C=C(\Cl)CCCC. The van der Waals surface area contributed by atoms with E-state index >= 15 is 0 Å². The molecule has 0 nitrogen and oxygen atoms in total. The fourth-order valence-corrected chi connectivity index (χ4v) is 0.624. The van der Waals surface area contributed by atoms with Crippen LogP contribution in [0, 0.1) is 0 Å². The van der Waals surface area contributed by atoms with E-state index in [9.17, 15) is 0 Å². The molecule has 0 rings (SSSR count). The largest absolute Gasteiger partial charge is 0.0895 e. The lowest BCUT2D eigenvalue weighted by atomic mass is 10.2. The summed E-state index contributed by atoms with van der Waals surface area (Å²) in [6.45, 7) is 4.14. The van der Waals surface area contributed by atoms with E-state index in [1.807, 2.05) is 13.0 Å². The Kier molecular flexibility index (Phi) is 5.19. The first-order chi connectivity index (χ1) is 3.81. The summed E-state index contributed by atoms with van der Waals surface area (Å²) in [5, 5.41) is 0.992. The molecule has 0 saturated heterocycles. The van der Waals surface area contributed by atoms with Crippen molar-refractivity contribution in [3.8, 4) is 0 Å². The second-order valence-electron chi connectivity index (χ2n) is 1.84. The zero-order valence-corrected chi connectivity index (χ0v) is 6.33. The number of hydrogen-bond acceptors (Lipinski definition) is 0. The minimum atomic E-state index is 0.992. The monoisotopic (exact) mass is 132 g/mol. The van der Waals surface area contributed by atoms with Crippen molar-refractivity contribution in [2.24, 2.45) is 0 Å². The topological polar surface area (TPSA) is 0 Å². The molecule has 0 N–H and O–H groups in total. The molecule has 0 unspecified atom stereocenters. The van der Waals surface area contributed by atoms with Crippen LogP contribution in [-0.4, -0.2) is 0 Å². The number of unbranched alkanes of at least 4 members (excludes halogenated alkanes) is 1.